The maximum absolute atomic E-state index is 12.4. The Labute approximate surface area is 161 Å². The molecule has 0 atom stereocenters. The lowest BCUT2D eigenvalue weighted by Crippen LogP contribution is -2.29. The molecule has 2 N–H and O–H groups in total. The minimum Gasteiger partial charge on any atom is -0.372 e. The molecule has 3 rings (SSSR count). The third-order valence-electron chi connectivity index (χ3n) is 4.82. The smallest absolute Gasteiger partial charge is 0.275 e. The first kappa shape index (κ1) is 19.1. The molecule has 1 aliphatic heterocycles. The summed E-state index contributed by atoms with van der Waals surface area (Å²) in [5, 5.41) is 6.11. The number of benzene rings is 1. The molecule has 0 spiro atoms. The normalized spacial score (nSPS) is 14.0. The van der Waals surface area contributed by atoms with E-state index in [-0.39, 0.29) is 5.91 Å². The molecule has 1 aromatic carbocycles. The average molecular weight is 367 g/mol. The molecule has 1 saturated heterocycles. The maximum atomic E-state index is 12.4. The number of hydrogen-bond acceptors (Lipinski definition) is 5. The van der Waals surface area contributed by atoms with Crippen molar-refractivity contribution in [2.45, 2.75) is 45.4 Å². The standard InChI is InChI=1S/C21H29N5O/c1-2-3-5-12-22-20-16-23-19(15-24-20)21(27)25-17-8-10-18(11-9-17)26-13-6-4-7-14-26/h8-11,15-16H,2-7,12-14H2,1H3,(H,22,24)(H,25,27). The van der Waals surface area contributed by atoms with Gasteiger partial charge < -0.3 is 15.5 Å². The first-order valence-corrected chi connectivity index (χ1v) is 9.98. The van der Waals surface area contributed by atoms with Crippen molar-refractivity contribution in [1.82, 2.24) is 9.97 Å². The molecule has 0 bridgehead atoms. The number of nitrogens with zero attached hydrogens (tertiary/aromatic N) is 3. The van der Waals surface area contributed by atoms with Crippen molar-refractivity contribution >= 4 is 23.1 Å². The molecule has 27 heavy (non-hydrogen) atoms. The predicted octanol–water partition coefficient (Wildman–Crippen LogP) is 4.32. The van der Waals surface area contributed by atoms with E-state index in [2.05, 4.69) is 44.6 Å². The van der Waals surface area contributed by atoms with Gasteiger partial charge in [-0.1, -0.05) is 19.8 Å². The van der Waals surface area contributed by atoms with Gasteiger partial charge in [0.05, 0.1) is 12.4 Å². The van der Waals surface area contributed by atoms with Crippen molar-refractivity contribution in [1.29, 1.82) is 0 Å². The zero-order valence-corrected chi connectivity index (χ0v) is 16.1. The molecule has 0 aliphatic carbocycles. The molecule has 1 fully saturated rings. The summed E-state index contributed by atoms with van der Waals surface area (Å²) in [6.45, 7) is 5.27. The van der Waals surface area contributed by atoms with Crippen LogP contribution in [-0.4, -0.2) is 35.5 Å². The Morgan fingerprint density at radius 1 is 1.04 bits per heavy atom. The van der Waals surface area contributed by atoms with Crippen molar-refractivity contribution in [3.05, 3.63) is 42.4 Å². The summed E-state index contributed by atoms with van der Waals surface area (Å²) in [7, 11) is 0. The van der Waals surface area contributed by atoms with Crippen LogP contribution in [0.4, 0.5) is 17.2 Å². The molecule has 0 unspecified atom stereocenters. The van der Waals surface area contributed by atoms with E-state index in [1.807, 2.05) is 12.1 Å². The van der Waals surface area contributed by atoms with Crippen molar-refractivity contribution in [3.63, 3.8) is 0 Å². The summed E-state index contributed by atoms with van der Waals surface area (Å²) < 4.78 is 0. The molecule has 0 radical (unpaired) electrons. The van der Waals surface area contributed by atoms with E-state index in [1.54, 1.807) is 6.20 Å². The fraction of sp³-hybridized carbons (Fsp3) is 0.476. The van der Waals surface area contributed by atoms with Gasteiger partial charge in [0.2, 0.25) is 0 Å². The van der Waals surface area contributed by atoms with Crippen LogP contribution in [-0.2, 0) is 0 Å². The van der Waals surface area contributed by atoms with E-state index >= 15 is 0 Å². The van der Waals surface area contributed by atoms with Crippen LogP contribution in [0.5, 0.6) is 0 Å². The topological polar surface area (TPSA) is 70.2 Å². The maximum Gasteiger partial charge on any atom is 0.275 e. The van der Waals surface area contributed by atoms with Gasteiger partial charge in [-0.15, -0.1) is 0 Å². The van der Waals surface area contributed by atoms with E-state index < -0.39 is 0 Å². The van der Waals surface area contributed by atoms with E-state index in [4.69, 9.17) is 0 Å². The van der Waals surface area contributed by atoms with Crippen molar-refractivity contribution < 1.29 is 4.79 Å². The Morgan fingerprint density at radius 3 is 2.48 bits per heavy atom. The minimum atomic E-state index is -0.245. The molecule has 2 aromatic rings. The molecular formula is C21H29N5O. The number of aromatic nitrogens is 2. The number of carbonyl (C=O) groups is 1. The first-order chi connectivity index (χ1) is 13.3. The van der Waals surface area contributed by atoms with Gasteiger partial charge in [-0.25, -0.2) is 9.97 Å². The van der Waals surface area contributed by atoms with Crippen LogP contribution in [0.1, 0.15) is 55.9 Å². The molecule has 2 heterocycles. The monoisotopic (exact) mass is 367 g/mol. The van der Waals surface area contributed by atoms with Crippen LogP contribution >= 0.6 is 0 Å². The molecule has 6 heteroatoms. The second-order valence-electron chi connectivity index (χ2n) is 6.97. The Balaban J connectivity index is 1.52. The van der Waals surface area contributed by atoms with Gasteiger partial charge in [0.1, 0.15) is 11.5 Å². The first-order valence-electron chi connectivity index (χ1n) is 9.98. The lowest BCUT2D eigenvalue weighted by Gasteiger charge is -2.28. The zero-order valence-electron chi connectivity index (χ0n) is 16.1. The fourth-order valence-electron chi connectivity index (χ4n) is 3.23. The number of rotatable bonds is 8. The highest BCUT2D eigenvalue weighted by atomic mass is 16.1. The van der Waals surface area contributed by atoms with Crippen LogP contribution in [0, 0.1) is 0 Å². The van der Waals surface area contributed by atoms with Crippen LogP contribution in [0.3, 0.4) is 0 Å². The average Bonchev–Trinajstić information content (AvgIpc) is 2.73. The number of anilines is 3. The molecular weight excluding hydrogens is 338 g/mol. The highest BCUT2D eigenvalue weighted by molar-refractivity contribution is 6.02. The van der Waals surface area contributed by atoms with Gasteiger partial charge in [0, 0.05) is 31.0 Å². The molecule has 0 saturated carbocycles. The summed E-state index contributed by atoms with van der Waals surface area (Å²) in [6.07, 6.45) is 10.4. The lowest BCUT2D eigenvalue weighted by molar-refractivity contribution is 0.102. The Kier molecular flexibility index (Phi) is 7.02. The third kappa shape index (κ3) is 5.67. The predicted molar refractivity (Wildman–Crippen MR) is 111 cm³/mol. The quantitative estimate of drug-likeness (QED) is 0.680. The number of amides is 1. The van der Waals surface area contributed by atoms with Gasteiger partial charge in [-0.3, -0.25) is 4.79 Å². The van der Waals surface area contributed by atoms with Crippen LogP contribution in [0.15, 0.2) is 36.7 Å². The Hall–Kier alpha value is -2.63. The SMILES string of the molecule is CCCCCNc1cnc(C(=O)Nc2ccc(N3CCCCC3)cc2)cn1. The van der Waals surface area contributed by atoms with Crippen LogP contribution in [0.2, 0.25) is 0 Å². The fourth-order valence-corrected chi connectivity index (χ4v) is 3.23. The van der Waals surface area contributed by atoms with E-state index in [0.29, 0.717) is 11.5 Å². The number of piperidine rings is 1. The number of hydrogen-bond donors (Lipinski definition) is 2. The molecule has 1 amide bonds. The summed E-state index contributed by atoms with van der Waals surface area (Å²) in [4.78, 5) is 23.3. The Morgan fingerprint density at radius 2 is 1.81 bits per heavy atom. The molecule has 144 valence electrons. The van der Waals surface area contributed by atoms with Gasteiger partial charge in [-0.05, 0) is 49.9 Å². The number of nitrogens with one attached hydrogen (secondary N) is 2. The largest absolute Gasteiger partial charge is 0.372 e. The van der Waals surface area contributed by atoms with E-state index in [1.165, 1.54) is 44.0 Å². The van der Waals surface area contributed by atoms with Crippen molar-refractivity contribution in [2.75, 3.05) is 35.2 Å². The van der Waals surface area contributed by atoms with Gasteiger partial charge in [0.25, 0.3) is 5.91 Å². The summed E-state index contributed by atoms with van der Waals surface area (Å²) >= 11 is 0. The van der Waals surface area contributed by atoms with Gasteiger partial charge in [-0.2, -0.15) is 0 Å². The molecule has 1 aromatic heterocycles. The van der Waals surface area contributed by atoms with Gasteiger partial charge >= 0.3 is 0 Å². The summed E-state index contributed by atoms with van der Waals surface area (Å²) in [5.74, 6) is 0.458. The van der Waals surface area contributed by atoms with E-state index in [0.717, 1.165) is 31.7 Å². The third-order valence-corrected chi connectivity index (χ3v) is 4.82. The summed E-state index contributed by atoms with van der Waals surface area (Å²) in [6, 6.07) is 8.02. The highest BCUT2D eigenvalue weighted by Gasteiger charge is 2.12. The van der Waals surface area contributed by atoms with Crippen LogP contribution in [0.25, 0.3) is 0 Å². The van der Waals surface area contributed by atoms with Crippen molar-refractivity contribution in [3.8, 4) is 0 Å². The minimum absolute atomic E-state index is 0.245. The second-order valence-corrected chi connectivity index (χ2v) is 6.97. The number of unbranched alkanes of at least 4 members (excludes halogenated alkanes) is 2. The number of carbonyl (C=O) groups excluding carboxylic acids is 1. The molecule has 1 aliphatic rings. The van der Waals surface area contributed by atoms with Crippen LogP contribution < -0.4 is 15.5 Å². The summed E-state index contributed by atoms with van der Waals surface area (Å²) in [5.41, 5.74) is 2.30. The van der Waals surface area contributed by atoms with Gasteiger partial charge in [0.15, 0.2) is 0 Å². The Bertz CT molecular complexity index is 708. The lowest BCUT2D eigenvalue weighted by atomic mass is 10.1. The highest BCUT2D eigenvalue weighted by Crippen LogP contribution is 2.22. The molecule has 6 nitrogen and oxygen atoms in total. The van der Waals surface area contributed by atoms with Crippen molar-refractivity contribution in [2.24, 2.45) is 0 Å². The zero-order chi connectivity index (χ0) is 18.9. The van der Waals surface area contributed by atoms with E-state index in [9.17, 15) is 4.79 Å². The second kappa shape index (κ2) is 9.90.